The number of nitrogens with one attached hydrogen (secondary N) is 1. The number of hydrazine groups is 1. The molecule has 2 rings (SSSR count). The largest absolute Gasteiger partial charge is 0.495 e. The third-order valence-corrected chi connectivity index (χ3v) is 4.58. The topological polar surface area (TPSA) is 53.8 Å². The van der Waals surface area contributed by atoms with Crippen LogP contribution in [0.25, 0.3) is 0 Å². The number of hydrogen-bond donors (Lipinski definition) is 2. The SMILES string of the molecule is COc1cc(C(CC2CN(C)CCN2C)NN)ccc1Cl. The summed E-state index contributed by atoms with van der Waals surface area (Å²) in [5.74, 6) is 6.46. The molecule has 1 aromatic carbocycles. The van der Waals surface area contributed by atoms with Crippen molar-refractivity contribution in [2.45, 2.75) is 18.5 Å². The predicted octanol–water partition coefficient (Wildman–Crippen LogP) is 1.49. The number of piperazine rings is 1. The summed E-state index contributed by atoms with van der Waals surface area (Å²) in [5.41, 5.74) is 4.03. The second-order valence-corrected chi connectivity index (χ2v) is 6.15. The lowest BCUT2D eigenvalue weighted by atomic mass is 9.97. The molecule has 2 unspecified atom stereocenters. The van der Waals surface area contributed by atoms with E-state index in [1.54, 1.807) is 7.11 Å². The molecular weight excluding hydrogens is 288 g/mol. The van der Waals surface area contributed by atoms with E-state index in [-0.39, 0.29) is 6.04 Å². The van der Waals surface area contributed by atoms with Crippen molar-refractivity contribution in [3.8, 4) is 5.75 Å². The van der Waals surface area contributed by atoms with Gasteiger partial charge < -0.3 is 14.5 Å². The maximum atomic E-state index is 6.09. The Labute approximate surface area is 132 Å². The first kappa shape index (κ1) is 16.5. The highest BCUT2D eigenvalue weighted by molar-refractivity contribution is 6.32. The van der Waals surface area contributed by atoms with Gasteiger partial charge >= 0.3 is 0 Å². The maximum absolute atomic E-state index is 6.09. The molecule has 0 spiro atoms. The van der Waals surface area contributed by atoms with Crippen LogP contribution in [0.4, 0.5) is 0 Å². The van der Waals surface area contributed by atoms with Crippen LogP contribution in [0.2, 0.25) is 5.02 Å². The molecule has 118 valence electrons. The van der Waals surface area contributed by atoms with Gasteiger partial charge in [-0.2, -0.15) is 0 Å². The van der Waals surface area contributed by atoms with Gasteiger partial charge in [-0.05, 0) is 38.2 Å². The highest BCUT2D eigenvalue weighted by Crippen LogP contribution is 2.30. The van der Waals surface area contributed by atoms with Crippen molar-refractivity contribution in [3.63, 3.8) is 0 Å². The predicted molar refractivity (Wildman–Crippen MR) is 86.6 cm³/mol. The van der Waals surface area contributed by atoms with Gasteiger partial charge in [-0.3, -0.25) is 11.3 Å². The maximum Gasteiger partial charge on any atom is 0.137 e. The fraction of sp³-hybridized carbons (Fsp3) is 0.600. The second kappa shape index (κ2) is 7.42. The van der Waals surface area contributed by atoms with Crippen LogP contribution in [0.1, 0.15) is 18.0 Å². The molecule has 3 N–H and O–H groups in total. The molecule has 1 aliphatic heterocycles. The van der Waals surface area contributed by atoms with Crippen molar-refractivity contribution >= 4 is 11.6 Å². The Balaban J connectivity index is 2.12. The van der Waals surface area contributed by atoms with E-state index in [0.717, 1.165) is 31.6 Å². The van der Waals surface area contributed by atoms with Gasteiger partial charge in [-0.1, -0.05) is 17.7 Å². The van der Waals surface area contributed by atoms with Crippen molar-refractivity contribution in [1.29, 1.82) is 0 Å². The van der Waals surface area contributed by atoms with E-state index >= 15 is 0 Å². The molecule has 1 fully saturated rings. The van der Waals surface area contributed by atoms with E-state index < -0.39 is 0 Å². The van der Waals surface area contributed by atoms with Gasteiger partial charge in [0.2, 0.25) is 0 Å². The summed E-state index contributed by atoms with van der Waals surface area (Å²) in [4.78, 5) is 4.76. The third-order valence-electron chi connectivity index (χ3n) is 4.27. The average molecular weight is 313 g/mol. The Kier molecular flexibility index (Phi) is 5.84. The molecular formula is C15H25ClN4O. The van der Waals surface area contributed by atoms with Gasteiger partial charge in [-0.25, -0.2) is 0 Å². The van der Waals surface area contributed by atoms with Crippen LogP contribution >= 0.6 is 11.6 Å². The van der Waals surface area contributed by atoms with Crippen LogP contribution < -0.4 is 16.0 Å². The molecule has 0 amide bonds. The highest BCUT2D eigenvalue weighted by atomic mass is 35.5. The van der Waals surface area contributed by atoms with Crippen molar-refractivity contribution in [1.82, 2.24) is 15.2 Å². The lowest BCUT2D eigenvalue weighted by Gasteiger charge is -2.39. The number of rotatable bonds is 5. The van der Waals surface area contributed by atoms with E-state index in [1.807, 2.05) is 18.2 Å². The molecule has 0 bridgehead atoms. The van der Waals surface area contributed by atoms with E-state index in [4.69, 9.17) is 22.2 Å². The standard InChI is InChI=1S/C15H25ClN4O/c1-19-6-7-20(2)12(10-19)9-14(18-17)11-4-5-13(16)15(8-11)21-3/h4-5,8,12,14,18H,6-7,9-10,17H2,1-3H3. The van der Waals surface area contributed by atoms with Crippen molar-refractivity contribution in [2.24, 2.45) is 5.84 Å². The number of benzene rings is 1. The van der Waals surface area contributed by atoms with Crippen LogP contribution in [0.15, 0.2) is 18.2 Å². The summed E-state index contributed by atoms with van der Waals surface area (Å²) in [5, 5.41) is 0.617. The number of likely N-dealkylation sites (N-methyl/N-ethyl adjacent to an activating group) is 2. The zero-order chi connectivity index (χ0) is 15.4. The molecule has 0 saturated carbocycles. The molecule has 1 aliphatic rings. The van der Waals surface area contributed by atoms with Gasteiger partial charge in [0, 0.05) is 31.7 Å². The van der Waals surface area contributed by atoms with Crippen LogP contribution in [0.3, 0.4) is 0 Å². The van der Waals surface area contributed by atoms with Gasteiger partial charge in [-0.15, -0.1) is 0 Å². The number of halogens is 1. The monoisotopic (exact) mass is 312 g/mol. The lowest BCUT2D eigenvalue weighted by molar-refractivity contribution is 0.101. The molecule has 0 radical (unpaired) electrons. The van der Waals surface area contributed by atoms with Crippen LogP contribution in [-0.4, -0.2) is 56.7 Å². The van der Waals surface area contributed by atoms with E-state index in [2.05, 4.69) is 29.3 Å². The number of hydrogen-bond acceptors (Lipinski definition) is 5. The van der Waals surface area contributed by atoms with Crippen LogP contribution in [-0.2, 0) is 0 Å². The van der Waals surface area contributed by atoms with Crippen molar-refractivity contribution < 1.29 is 4.74 Å². The molecule has 1 saturated heterocycles. The number of methoxy groups -OCH3 is 1. The summed E-state index contributed by atoms with van der Waals surface area (Å²) < 4.78 is 5.29. The Morgan fingerprint density at radius 1 is 1.43 bits per heavy atom. The van der Waals surface area contributed by atoms with E-state index in [0.29, 0.717) is 16.8 Å². The van der Waals surface area contributed by atoms with Crippen LogP contribution in [0, 0.1) is 0 Å². The Morgan fingerprint density at radius 3 is 2.86 bits per heavy atom. The normalized spacial score (nSPS) is 22.2. The highest BCUT2D eigenvalue weighted by Gasteiger charge is 2.25. The Bertz CT molecular complexity index is 471. The Morgan fingerprint density at radius 2 is 2.19 bits per heavy atom. The summed E-state index contributed by atoms with van der Waals surface area (Å²) in [6, 6.07) is 6.37. The van der Waals surface area contributed by atoms with Gasteiger partial charge in [0.1, 0.15) is 5.75 Å². The first-order valence-electron chi connectivity index (χ1n) is 7.23. The first-order chi connectivity index (χ1) is 10.0. The molecule has 5 nitrogen and oxygen atoms in total. The second-order valence-electron chi connectivity index (χ2n) is 5.75. The van der Waals surface area contributed by atoms with Crippen molar-refractivity contribution in [3.05, 3.63) is 28.8 Å². The minimum absolute atomic E-state index is 0.0788. The molecule has 21 heavy (non-hydrogen) atoms. The van der Waals surface area contributed by atoms with Gasteiger partial charge in [0.15, 0.2) is 0 Å². The minimum Gasteiger partial charge on any atom is -0.495 e. The molecule has 0 aliphatic carbocycles. The lowest BCUT2D eigenvalue weighted by Crippen LogP contribution is -2.51. The summed E-state index contributed by atoms with van der Waals surface area (Å²) in [6.07, 6.45) is 0.947. The smallest absolute Gasteiger partial charge is 0.137 e. The summed E-state index contributed by atoms with van der Waals surface area (Å²) in [7, 11) is 5.96. The summed E-state index contributed by atoms with van der Waals surface area (Å²) in [6.45, 7) is 3.25. The quantitative estimate of drug-likeness (QED) is 0.637. The molecule has 0 aromatic heterocycles. The van der Waals surface area contributed by atoms with Crippen LogP contribution in [0.5, 0.6) is 5.75 Å². The van der Waals surface area contributed by atoms with E-state index in [1.165, 1.54) is 0 Å². The number of ether oxygens (including phenoxy) is 1. The molecule has 1 aromatic rings. The summed E-state index contributed by atoms with van der Waals surface area (Å²) >= 11 is 6.09. The van der Waals surface area contributed by atoms with Gasteiger partial charge in [0.05, 0.1) is 12.1 Å². The number of nitrogens with two attached hydrogens (primary N) is 1. The molecule has 6 heteroatoms. The average Bonchev–Trinajstić information content (AvgIpc) is 2.49. The fourth-order valence-electron chi connectivity index (χ4n) is 2.82. The molecule has 1 heterocycles. The van der Waals surface area contributed by atoms with Gasteiger partial charge in [0.25, 0.3) is 0 Å². The minimum atomic E-state index is 0.0788. The number of nitrogens with zero attached hydrogens (tertiary/aromatic N) is 2. The fourth-order valence-corrected chi connectivity index (χ4v) is 3.02. The van der Waals surface area contributed by atoms with Crippen molar-refractivity contribution in [2.75, 3.05) is 40.8 Å². The third kappa shape index (κ3) is 4.08. The molecule has 2 atom stereocenters. The first-order valence-corrected chi connectivity index (χ1v) is 7.61. The Hall–Kier alpha value is -0.850. The van der Waals surface area contributed by atoms with E-state index in [9.17, 15) is 0 Å². The zero-order valence-electron chi connectivity index (χ0n) is 13.0. The zero-order valence-corrected chi connectivity index (χ0v) is 13.7.